The number of Topliss-reactive ketones (excluding diaryl/α,β-unsaturated/α-hetero) is 1. The third-order valence-electron chi connectivity index (χ3n) is 2.07. The van der Waals surface area contributed by atoms with Gasteiger partial charge in [-0.15, -0.1) is 22.7 Å². The van der Waals surface area contributed by atoms with Gasteiger partial charge in [0.25, 0.3) is 0 Å². The third kappa shape index (κ3) is 2.33. The number of ketones is 1. The SMILES string of the molecule is Cc1nc(C)c(C(=O)Cc2cccs2)s1. The molecule has 2 aromatic rings. The van der Waals surface area contributed by atoms with Crippen molar-refractivity contribution in [2.24, 2.45) is 0 Å². The molecule has 0 spiro atoms. The van der Waals surface area contributed by atoms with Crippen molar-refractivity contribution in [2.45, 2.75) is 20.3 Å². The van der Waals surface area contributed by atoms with E-state index in [1.807, 2.05) is 31.4 Å². The Kier molecular flexibility index (Phi) is 2.98. The number of nitrogens with zero attached hydrogens (tertiary/aromatic N) is 1. The molecule has 0 aliphatic carbocycles. The van der Waals surface area contributed by atoms with Crippen molar-refractivity contribution in [1.82, 2.24) is 4.98 Å². The molecule has 2 heterocycles. The Balaban J connectivity index is 2.18. The average molecular weight is 237 g/mol. The van der Waals surface area contributed by atoms with Crippen LogP contribution < -0.4 is 0 Å². The minimum atomic E-state index is 0.181. The van der Waals surface area contributed by atoms with Crippen molar-refractivity contribution in [2.75, 3.05) is 0 Å². The van der Waals surface area contributed by atoms with Crippen LogP contribution in [0.15, 0.2) is 17.5 Å². The first-order valence-corrected chi connectivity index (χ1v) is 6.36. The van der Waals surface area contributed by atoms with Gasteiger partial charge in [-0.2, -0.15) is 0 Å². The predicted molar refractivity (Wildman–Crippen MR) is 63.9 cm³/mol. The van der Waals surface area contributed by atoms with Crippen LogP contribution in [0, 0.1) is 13.8 Å². The van der Waals surface area contributed by atoms with Crippen molar-refractivity contribution in [3.05, 3.63) is 38.0 Å². The summed E-state index contributed by atoms with van der Waals surface area (Å²) in [5.41, 5.74) is 0.860. The van der Waals surface area contributed by atoms with Crippen LogP contribution in [-0.4, -0.2) is 10.8 Å². The summed E-state index contributed by atoms with van der Waals surface area (Å²) in [4.78, 5) is 18.1. The molecule has 0 aromatic carbocycles. The van der Waals surface area contributed by atoms with E-state index in [2.05, 4.69) is 4.98 Å². The molecule has 2 nitrogen and oxygen atoms in total. The molecule has 2 rings (SSSR count). The van der Waals surface area contributed by atoms with Crippen LogP contribution in [0.25, 0.3) is 0 Å². The highest BCUT2D eigenvalue weighted by Gasteiger charge is 2.14. The van der Waals surface area contributed by atoms with Gasteiger partial charge in [-0.1, -0.05) is 6.07 Å². The van der Waals surface area contributed by atoms with E-state index in [1.165, 1.54) is 11.3 Å². The van der Waals surface area contributed by atoms with Crippen LogP contribution in [0.5, 0.6) is 0 Å². The Labute approximate surface area is 96.6 Å². The van der Waals surface area contributed by atoms with E-state index >= 15 is 0 Å². The number of thiazole rings is 1. The van der Waals surface area contributed by atoms with E-state index in [4.69, 9.17) is 0 Å². The average Bonchev–Trinajstić information content (AvgIpc) is 2.75. The first-order chi connectivity index (χ1) is 7.16. The number of aryl methyl sites for hydroxylation is 2. The Morgan fingerprint density at radius 3 is 2.80 bits per heavy atom. The van der Waals surface area contributed by atoms with Crippen molar-refractivity contribution in [3.8, 4) is 0 Å². The number of carbonyl (C=O) groups excluding carboxylic acids is 1. The molecule has 15 heavy (non-hydrogen) atoms. The van der Waals surface area contributed by atoms with Crippen LogP contribution in [0.1, 0.15) is 25.3 Å². The Bertz CT molecular complexity index is 471. The van der Waals surface area contributed by atoms with Crippen LogP contribution >= 0.6 is 22.7 Å². The highest BCUT2D eigenvalue weighted by Crippen LogP contribution is 2.20. The maximum Gasteiger partial charge on any atom is 0.179 e. The smallest absolute Gasteiger partial charge is 0.179 e. The number of hydrogen-bond donors (Lipinski definition) is 0. The Morgan fingerprint density at radius 2 is 2.27 bits per heavy atom. The van der Waals surface area contributed by atoms with Gasteiger partial charge in [0.1, 0.15) is 0 Å². The van der Waals surface area contributed by atoms with Gasteiger partial charge in [0.05, 0.1) is 15.6 Å². The largest absolute Gasteiger partial charge is 0.293 e. The van der Waals surface area contributed by atoms with Crippen LogP contribution in [0.2, 0.25) is 0 Å². The third-order valence-corrected chi connectivity index (χ3v) is 4.06. The molecule has 0 fully saturated rings. The van der Waals surface area contributed by atoms with E-state index < -0.39 is 0 Å². The zero-order valence-corrected chi connectivity index (χ0v) is 10.2. The van der Waals surface area contributed by atoms with Gasteiger partial charge in [0.2, 0.25) is 0 Å². The second kappa shape index (κ2) is 4.24. The van der Waals surface area contributed by atoms with Crippen LogP contribution in [0.3, 0.4) is 0 Å². The molecule has 0 saturated carbocycles. The molecule has 0 radical (unpaired) electrons. The monoisotopic (exact) mass is 237 g/mol. The maximum atomic E-state index is 11.9. The van der Waals surface area contributed by atoms with E-state index in [0.29, 0.717) is 6.42 Å². The van der Waals surface area contributed by atoms with E-state index in [9.17, 15) is 4.79 Å². The van der Waals surface area contributed by atoms with Gasteiger partial charge in [-0.25, -0.2) is 4.98 Å². The number of thiophene rings is 1. The number of rotatable bonds is 3. The lowest BCUT2D eigenvalue weighted by Gasteiger charge is -1.95. The van der Waals surface area contributed by atoms with Gasteiger partial charge >= 0.3 is 0 Å². The Morgan fingerprint density at radius 1 is 1.47 bits per heavy atom. The van der Waals surface area contributed by atoms with Crippen molar-refractivity contribution >= 4 is 28.5 Å². The van der Waals surface area contributed by atoms with Gasteiger partial charge < -0.3 is 0 Å². The zero-order valence-electron chi connectivity index (χ0n) is 8.61. The molecule has 0 atom stereocenters. The number of aromatic nitrogens is 1. The van der Waals surface area contributed by atoms with Crippen molar-refractivity contribution in [3.63, 3.8) is 0 Å². The highest BCUT2D eigenvalue weighted by molar-refractivity contribution is 7.14. The fraction of sp³-hybridized carbons (Fsp3) is 0.273. The summed E-state index contributed by atoms with van der Waals surface area (Å²) < 4.78 is 0. The summed E-state index contributed by atoms with van der Waals surface area (Å²) in [5, 5.41) is 2.95. The minimum Gasteiger partial charge on any atom is -0.293 e. The quantitative estimate of drug-likeness (QED) is 0.767. The molecule has 0 saturated heterocycles. The lowest BCUT2D eigenvalue weighted by molar-refractivity contribution is 0.0997. The second-order valence-corrected chi connectivity index (χ2v) is 5.56. The van der Waals surface area contributed by atoms with Crippen LogP contribution in [-0.2, 0) is 6.42 Å². The van der Waals surface area contributed by atoms with Gasteiger partial charge in [-0.3, -0.25) is 4.79 Å². The molecule has 0 aliphatic heterocycles. The van der Waals surface area contributed by atoms with Crippen molar-refractivity contribution < 1.29 is 4.79 Å². The first-order valence-electron chi connectivity index (χ1n) is 4.66. The lowest BCUT2D eigenvalue weighted by atomic mass is 10.2. The molecule has 0 aliphatic rings. The fourth-order valence-electron chi connectivity index (χ4n) is 1.44. The molecule has 78 valence electrons. The summed E-state index contributed by atoms with van der Waals surface area (Å²) in [6, 6.07) is 3.96. The van der Waals surface area contributed by atoms with E-state index in [0.717, 1.165) is 20.5 Å². The van der Waals surface area contributed by atoms with E-state index in [1.54, 1.807) is 11.3 Å². The molecular weight excluding hydrogens is 226 g/mol. The number of hydrogen-bond acceptors (Lipinski definition) is 4. The molecule has 2 aromatic heterocycles. The fourth-order valence-corrected chi connectivity index (χ4v) is 3.00. The van der Waals surface area contributed by atoms with Gasteiger partial charge in [-0.05, 0) is 25.3 Å². The topological polar surface area (TPSA) is 30.0 Å². The molecule has 0 amide bonds. The molecular formula is C11H11NOS2. The molecule has 0 N–H and O–H groups in total. The van der Waals surface area contributed by atoms with Crippen LogP contribution in [0.4, 0.5) is 0 Å². The summed E-state index contributed by atoms with van der Waals surface area (Å²) in [5.74, 6) is 0.181. The molecule has 0 unspecified atom stereocenters. The van der Waals surface area contributed by atoms with Gasteiger partial charge in [0, 0.05) is 11.3 Å². The van der Waals surface area contributed by atoms with E-state index in [-0.39, 0.29) is 5.78 Å². The lowest BCUT2D eigenvalue weighted by Crippen LogP contribution is -2.01. The summed E-state index contributed by atoms with van der Waals surface area (Å²) in [6.07, 6.45) is 0.500. The van der Waals surface area contributed by atoms with Crippen molar-refractivity contribution in [1.29, 1.82) is 0 Å². The van der Waals surface area contributed by atoms with Gasteiger partial charge in [0.15, 0.2) is 5.78 Å². The second-order valence-electron chi connectivity index (χ2n) is 3.33. The molecule has 0 bridgehead atoms. The highest BCUT2D eigenvalue weighted by atomic mass is 32.1. The Hall–Kier alpha value is -1.00. The summed E-state index contributed by atoms with van der Waals surface area (Å²) in [7, 11) is 0. The summed E-state index contributed by atoms with van der Waals surface area (Å²) >= 11 is 3.11. The standard InChI is InChI=1S/C11H11NOS2/c1-7-11(15-8(2)12-7)10(13)6-9-4-3-5-14-9/h3-5H,6H2,1-2H3. The predicted octanol–water partition coefficient (Wildman–Crippen LogP) is 3.25. The normalized spacial score (nSPS) is 10.5. The maximum absolute atomic E-state index is 11.9. The molecule has 4 heteroatoms. The first kappa shape index (κ1) is 10.5. The summed E-state index contributed by atoms with van der Waals surface area (Å²) in [6.45, 7) is 3.82. The minimum absolute atomic E-state index is 0.181. The zero-order chi connectivity index (χ0) is 10.8. The number of carbonyl (C=O) groups is 1.